The lowest BCUT2D eigenvalue weighted by Crippen LogP contribution is -2.32. The Labute approximate surface area is 135 Å². The number of hydrogen-bond donors (Lipinski definition) is 0. The van der Waals surface area contributed by atoms with E-state index in [1.807, 2.05) is 36.3 Å². The van der Waals surface area contributed by atoms with Crippen LogP contribution in [0.3, 0.4) is 0 Å². The lowest BCUT2D eigenvalue weighted by atomic mass is 10.1. The molecule has 0 aliphatic heterocycles. The summed E-state index contributed by atoms with van der Waals surface area (Å²) in [7, 11) is 0. The molecule has 2 rings (SSSR count). The maximum atomic E-state index is 12.4. The molecule has 0 radical (unpaired) electrons. The topological polar surface area (TPSA) is 42.3 Å². The number of benzene rings is 1. The fourth-order valence-electron chi connectivity index (χ4n) is 2.41. The molecular weight excluding hydrogens is 296 g/mol. The number of carbonyl (C=O) groups excluding carboxylic acids is 1. The smallest absolute Gasteiger partial charge is 0.307 e. The Balaban J connectivity index is 2.00. The Kier molecular flexibility index (Phi) is 5.55. The summed E-state index contributed by atoms with van der Waals surface area (Å²) in [6.07, 6.45) is 0.358. The van der Waals surface area contributed by atoms with Crippen molar-refractivity contribution in [2.45, 2.75) is 40.3 Å². The molecule has 5 heteroatoms. The lowest BCUT2D eigenvalue weighted by molar-refractivity contribution is -0.131. The summed E-state index contributed by atoms with van der Waals surface area (Å²) in [6, 6.07) is 8.11. The van der Waals surface area contributed by atoms with E-state index in [4.69, 9.17) is 0 Å². The van der Waals surface area contributed by atoms with Gasteiger partial charge in [0.15, 0.2) is 0 Å². The van der Waals surface area contributed by atoms with E-state index in [9.17, 15) is 9.59 Å². The van der Waals surface area contributed by atoms with Gasteiger partial charge in [0.25, 0.3) is 0 Å². The second-order valence-corrected chi connectivity index (χ2v) is 6.20. The highest BCUT2D eigenvalue weighted by Crippen LogP contribution is 2.12. The van der Waals surface area contributed by atoms with Crippen LogP contribution in [0.2, 0.25) is 0 Å². The van der Waals surface area contributed by atoms with Crippen molar-refractivity contribution in [3.05, 3.63) is 56.1 Å². The highest BCUT2D eigenvalue weighted by molar-refractivity contribution is 7.07. The van der Waals surface area contributed by atoms with Crippen LogP contribution in [-0.4, -0.2) is 21.9 Å². The van der Waals surface area contributed by atoms with E-state index in [1.54, 1.807) is 4.57 Å². The van der Waals surface area contributed by atoms with E-state index in [0.29, 0.717) is 26.1 Å². The largest absolute Gasteiger partial charge is 0.339 e. The van der Waals surface area contributed by atoms with Gasteiger partial charge in [0.2, 0.25) is 5.91 Å². The molecule has 0 unspecified atom stereocenters. The van der Waals surface area contributed by atoms with Crippen molar-refractivity contribution < 1.29 is 4.79 Å². The standard InChI is InChI=1S/C17H22N2O2S/c1-4-18(11-15-8-6-5-7-13(15)2)16(20)9-10-19-14(3)12-22-17(19)21/h5-8,12H,4,9-11H2,1-3H3. The van der Waals surface area contributed by atoms with Crippen molar-refractivity contribution >= 4 is 17.2 Å². The fraction of sp³-hybridized carbons (Fsp3) is 0.412. The van der Waals surface area contributed by atoms with Gasteiger partial charge in [-0.15, -0.1) is 0 Å². The van der Waals surface area contributed by atoms with E-state index in [2.05, 4.69) is 19.1 Å². The summed E-state index contributed by atoms with van der Waals surface area (Å²) in [5.74, 6) is 0.0863. The molecule has 0 fully saturated rings. The fourth-order valence-corrected chi connectivity index (χ4v) is 3.17. The Morgan fingerprint density at radius 1 is 1.27 bits per heavy atom. The van der Waals surface area contributed by atoms with Crippen LogP contribution in [0.4, 0.5) is 0 Å². The van der Waals surface area contributed by atoms with Crippen molar-refractivity contribution in [2.75, 3.05) is 6.54 Å². The van der Waals surface area contributed by atoms with Crippen molar-refractivity contribution in [1.82, 2.24) is 9.47 Å². The van der Waals surface area contributed by atoms with Crippen LogP contribution >= 0.6 is 11.3 Å². The van der Waals surface area contributed by atoms with Crippen LogP contribution in [0, 0.1) is 13.8 Å². The first-order valence-electron chi connectivity index (χ1n) is 7.50. The molecule has 22 heavy (non-hydrogen) atoms. The Morgan fingerprint density at radius 2 is 2.00 bits per heavy atom. The molecule has 0 aliphatic rings. The van der Waals surface area contributed by atoms with Gasteiger partial charge >= 0.3 is 4.87 Å². The predicted molar refractivity (Wildman–Crippen MR) is 90.2 cm³/mol. The van der Waals surface area contributed by atoms with Gasteiger partial charge in [-0.25, -0.2) is 0 Å². The highest BCUT2D eigenvalue weighted by atomic mass is 32.1. The second kappa shape index (κ2) is 7.40. The van der Waals surface area contributed by atoms with Gasteiger partial charge in [-0.2, -0.15) is 0 Å². The number of carbonyl (C=O) groups is 1. The Hall–Kier alpha value is -1.88. The lowest BCUT2D eigenvalue weighted by Gasteiger charge is -2.22. The van der Waals surface area contributed by atoms with Crippen LogP contribution in [0.15, 0.2) is 34.4 Å². The van der Waals surface area contributed by atoms with Crippen LogP contribution in [0.25, 0.3) is 0 Å². The van der Waals surface area contributed by atoms with Crippen LogP contribution < -0.4 is 4.87 Å². The second-order valence-electron chi connectivity index (χ2n) is 5.38. The van der Waals surface area contributed by atoms with Crippen molar-refractivity contribution in [3.8, 4) is 0 Å². The summed E-state index contributed by atoms with van der Waals surface area (Å²) < 4.78 is 1.67. The average molecular weight is 318 g/mol. The molecule has 0 aliphatic carbocycles. The monoisotopic (exact) mass is 318 g/mol. The third-order valence-corrected chi connectivity index (χ3v) is 4.76. The maximum absolute atomic E-state index is 12.4. The number of amides is 1. The Bertz CT molecular complexity index is 703. The molecule has 0 spiro atoms. The number of hydrogen-bond acceptors (Lipinski definition) is 3. The molecule has 0 saturated heterocycles. The van der Waals surface area contributed by atoms with Crippen molar-refractivity contribution in [3.63, 3.8) is 0 Å². The number of rotatable bonds is 6. The summed E-state index contributed by atoms with van der Waals surface area (Å²) in [5.41, 5.74) is 3.28. The molecule has 0 saturated carbocycles. The first kappa shape index (κ1) is 16.5. The zero-order chi connectivity index (χ0) is 16.1. The number of aryl methyl sites for hydroxylation is 2. The molecule has 4 nitrogen and oxygen atoms in total. The third-order valence-electron chi connectivity index (χ3n) is 3.88. The SMILES string of the molecule is CCN(Cc1ccccc1C)C(=O)CCn1c(C)csc1=O. The quantitative estimate of drug-likeness (QED) is 0.822. The first-order valence-corrected chi connectivity index (χ1v) is 8.38. The summed E-state index contributed by atoms with van der Waals surface area (Å²) in [5, 5.41) is 1.83. The van der Waals surface area contributed by atoms with Crippen LogP contribution in [0.5, 0.6) is 0 Å². The molecule has 1 heterocycles. The zero-order valence-electron chi connectivity index (χ0n) is 13.3. The van der Waals surface area contributed by atoms with Gasteiger partial charge < -0.3 is 9.47 Å². The van der Waals surface area contributed by atoms with E-state index >= 15 is 0 Å². The van der Waals surface area contributed by atoms with Crippen molar-refractivity contribution in [1.29, 1.82) is 0 Å². The average Bonchev–Trinajstić information content (AvgIpc) is 2.83. The number of aromatic nitrogens is 1. The summed E-state index contributed by atoms with van der Waals surface area (Å²) >= 11 is 1.18. The van der Waals surface area contributed by atoms with Gasteiger partial charge in [-0.3, -0.25) is 9.59 Å². The molecule has 2 aromatic rings. The molecule has 1 aromatic carbocycles. The molecule has 1 amide bonds. The third kappa shape index (κ3) is 3.85. The minimum atomic E-state index is 0.00672. The molecule has 118 valence electrons. The molecule has 0 N–H and O–H groups in total. The summed E-state index contributed by atoms with van der Waals surface area (Å²) in [4.78, 5) is 26.0. The maximum Gasteiger partial charge on any atom is 0.307 e. The highest BCUT2D eigenvalue weighted by Gasteiger charge is 2.14. The zero-order valence-corrected chi connectivity index (χ0v) is 14.2. The van der Waals surface area contributed by atoms with Crippen LogP contribution in [-0.2, 0) is 17.9 Å². The minimum absolute atomic E-state index is 0.00672. The Morgan fingerprint density at radius 3 is 2.59 bits per heavy atom. The predicted octanol–water partition coefficient (Wildman–Crippen LogP) is 2.97. The van der Waals surface area contributed by atoms with Gasteiger partial charge in [-0.05, 0) is 31.9 Å². The van der Waals surface area contributed by atoms with Gasteiger partial charge in [0.1, 0.15) is 0 Å². The van der Waals surface area contributed by atoms with E-state index in [-0.39, 0.29) is 10.8 Å². The normalized spacial score (nSPS) is 10.7. The van der Waals surface area contributed by atoms with Crippen LogP contribution in [0.1, 0.15) is 30.2 Å². The van der Waals surface area contributed by atoms with E-state index in [0.717, 1.165) is 5.69 Å². The molecule has 0 bridgehead atoms. The summed E-state index contributed by atoms with van der Waals surface area (Å²) in [6.45, 7) is 7.69. The molecule has 0 atom stereocenters. The minimum Gasteiger partial charge on any atom is -0.339 e. The van der Waals surface area contributed by atoms with Gasteiger partial charge in [0, 0.05) is 37.1 Å². The van der Waals surface area contributed by atoms with E-state index < -0.39 is 0 Å². The number of nitrogens with zero attached hydrogens (tertiary/aromatic N) is 2. The van der Waals surface area contributed by atoms with Crippen molar-refractivity contribution in [2.24, 2.45) is 0 Å². The number of thiazole rings is 1. The van der Waals surface area contributed by atoms with Gasteiger partial charge in [-0.1, -0.05) is 35.6 Å². The molecular formula is C17H22N2O2S. The van der Waals surface area contributed by atoms with E-state index in [1.165, 1.54) is 22.5 Å². The van der Waals surface area contributed by atoms with Gasteiger partial charge in [0.05, 0.1) is 0 Å². The molecule has 1 aromatic heterocycles. The first-order chi connectivity index (χ1) is 10.5.